The van der Waals surface area contributed by atoms with Crippen molar-refractivity contribution >= 4 is 10.0 Å². The summed E-state index contributed by atoms with van der Waals surface area (Å²) in [5.41, 5.74) is 1.10. The van der Waals surface area contributed by atoms with Crippen LogP contribution in [0.25, 0.3) is 0 Å². The van der Waals surface area contributed by atoms with Gasteiger partial charge < -0.3 is 14.0 Å². The van der Waals surface area contributed by atoms with Crippen LogP contribution in [0.2, 0.25) is 0 Å². The highest BCUT2D eigenvalue weighted by atomic mass is 32.2. The maximum atomic E-state index is 12.9. The van der Waals surface area contributed by atoms with E-state index in [0.29, 0.717) is 12.3 Å². The molecule has 2 heterocycles. The normalized spacial score (nSPS) is 16.4. The summed E-state index contributed by atoms with van der Waals surface area (Å²) in [4.78, 5) is 2.45. The van der Waals surface area contributed by atoms with E-state index in [4.69, 9.17) is 9.47 Å². The van der Waals surface area contributed by atoms with Crippen molar-refractivity contribution < 1.29 is 17.9 Å². The van der Waals surface area contributed by atoms with Crippen molar-refractivity contribution in [2.75, 3.05) is 33.9 Å². The summed E-state index contributed by atoms with van der Waals surface area (Å²) in [5.74, 6) is 0.808. The Bertz CT molecular complexity index is 873. The van der Waals surface area contributed by atoms with Crippen LogP contribution < -0.4 is 14.2 Å². The number of ether oxygens (including phenoxy) is 2. The molecule has 27 heavy (non-hydrogen) atoms. The summed E-state index contributed by atoms with van der Waals surface area (Å²) < 4.78 is 41.1. The molecule has 1 aliphatic heterocycles. The molecule has 0 spiro atoms. The number of benzene rings is 1. The van der Waals surface area contributed by atoms with E-state index in [1.165, 1.54) is 20.3 Å². The average Bonchev–Trinajstić information content (AvgIpc) is 3.34. The van der Waals surface area contributed by atoms with E-state index in [0.717, 1.165) is 31.6 Å². The van der Waals surface area contributed by atoms with Crippen molar-refractivity contribution in [2.45, 2.75) is 23.8 Å². The van der Waals surface area contributed by atoms with Gasteiger partial charge in [0.05, 0.1) is 20.3 Å². The number of aromatic nitrogens is 1. The lowest BCUT2D eigenvalue weighted by Gasteiger charge is -2.28. The lowest BCUT2D eigenvalue weighted by Crippen LogP contribution is -2.37. The zero-order chi connectivity index (χ0) is 19.4. The molecule has 2 aromatic rings. The lowest BCUT2D eigenvalue weighted by molar-refractivity contribution is 0.238. The Morgan fingerprint density at radius 1 is 1.15 bits per heavy atom. The van der Waals surface area contributed by atoms with Gasteiger partial charge in [0.1, 0.15) is 16.4 Å². The zero-order valence-corrected chi connectivity index (χ0v) is 16.8. The van der Waals surface area contributed by atoms with E-state index < -0.39 is 10.0 Å². The Morgan fingerprint density at radius 2 is 1.89 bits per heavy atom. The number of hydrogen-bond donors (Lipinski definition) is 1. The minimum absolute atomic E-state index is 0.00785. The van der Waals surface area contributed by atoms with Gasteiger partial charge >= 0.3 is 0 Å². The quantitative estimate of drug-likeness (QED) is 0.744. The van der Waals surface area contributed by atoms with E-state index in [1.807, 2.05) is 29.9 Å². The molecule has 7 nitrogen and oxygen atoms in total. The Hall–Kier alpha value is -2.03. The first kappa shape index (κ1) is 19.7. The van der Waals surface area contributed by atoms with E-state index in [-0.39, 0.29) is 16.7 Å². The van der Waals surface area contributed by atoms with E-state index in [1.54, 1.807) is 12.1 Å². The number of methoxy groups -OCH3 is 2. The molecule has 1 N–H and O–H groups in total. The molecular formula is C19H27N3O4S. The summed E-state index contributed by atoms with van der Waals surface area (Å²) >= 11 is 0. The number of sulfonamides is 1. The first-order chi connectivity index (χ1) is 13.0. The van der Waals surface area contributed by atoms with Gasteiger partial charge in [0.15, 0.2) is 0 Å². The van der Waals surface area contributed by atoms with Crippen molar-refractivity contribution in [3.05, 3.63) is 42.2 Å². The average molecular weight is 394 g/mol. The highest BCUT2D eigenvalue weighted by Gasteiger charge is 2.28. The van der Waals surface area contributed by atoms with Crippen molar-refractivity contribution in [2.24, 2.45) is 7.05 Å². The summed E-state index contributed by atoms with van der Waals surface area (Å²) in [6, 6.07) is 8.72. The van der Waals surface area contributed by atoms with Crippen molar-refractivity contribution in [1.82, 2.24) is 14.2 Å². The molecule has 1 fully saturated rings. The predicted octanol–water partition coefficient (Wildman–Crippen LogP) is 2.16. The fraction of sp³-hybridized carbons (Fsp3) is 0.474. The van der Waals surface area contributed by atoms with Gasteiger partial charge in [-0.15, -0.1) is 0 Å². The van der Waals surface area contributed by atoms with E-state index in [2.05, 4.69) is 9.62 Å². The number of aryl methyl sites for hydroxylation is 1. The molecule has 1 atom stereocenters. The third kappa shape index (κ3) is 4.28. The minimum atomic E-state index is -3.72. The van der Waals surface area contributed by atoms with Gasteiger partial charge in [0.2, 0.25) is 10.0 Å². The highest BCUT2D eigenvalue weighted by Crippen LogP contribution is 2.29. The van der Waals surface area contributed by atoms with Crippen LogP contribution in [0, 0.1) is 0 Å². The number of hydrogen-bond acceptors (Lipinski definition) is 5. The van der Waals surface area contributed by atoms with E-state index in [9.17, 15) is 8.42 Å². The lowest BCUT2D eigenvalue weighted by atomic mass is 10.2. The van der Waals surface area contributed by atoms with Crippen molar-refractivity contribution in [1.29, 1.82) is 0 Å². The standard InChI is InChI=1S/C19H27N3O4S/c1-21-10-6-7-16(21)17(22-11-4-5-12-22)14-20-27(23,24)19-9-8-15(25-2)13-18(19)26-3/h6-10,13,17,20H,4-5,11-12,14H2,1-3H3/t17-/m1/s1. The van der Waals surface area contributed by atoms with Crippen LogP contribution in [0.15, 0.2) is 41.4 Å². The third-order valence-corrected chi connectivity index (χ3v) is 6.50. The van der Waals surface area contributed by atoms with Gasteiger partial charge in [-0.05, 0) is 50.2 Å². The van der Waals surface area contributed by atoms with Crippen LogP contribution in [-0.4, -0.2) is 51.7 Å². The molecule has 0 unspecified atom stereocenters. The fourth-order valence-electron chi connectivity index (χ4n) is 3.56. The molecule has 0 bridgehead atoms. The number of likely N-dealkylation sites (tertiary alicyclic amines) is 1. The minimum Gasteiger partial charge on any atom is -0.497 e. The van der Waals surface area contributed by atoms with Crippen LogP contribution in [0.4, 0.5) is 0 Å². The summed E-state index contributed by atoms with van der Waals surface area (Å²) in [6.07, 6.45) is 4.26. The molecule has 0 saturated carbocycles. The van der Waals surface area contributed by atoms with Gasteiger partial charge in [0, 0.05) is 31.5 Å². The molecule has 0 amide bonds. The molecule has 1 saturated heterocycles. The second kappa shape index (κ2) is 8.33. The number of nitrogens with zero attached hydrogens (tertiary/aromatic N) is 2. The molecule has 148 valence electrons. The summed E-state index contributed by atoms with van der Waals surface area (Å²) in [6.45, 7) is 2.25. The molecule has 1 aromatic carbocycles. The van der Waals surface area contributed by atoms with E-state index >= 15 is 0 Å². The smallest absolute Gasteiger partial charge is 0.244 e. The highest BCUT2D eigenvalue weighted by molar-refractivity contribution is 7.89. The zero-order valence-electron chi connectivity index (χ0n) is 16.0. The first-order valence-electron chi connectivity index (χ1n) is 9.03. The molecule has 8 heteroatoms. The molecule has 1 aliphatic rings. The SMILES string of the molecule is COc1ccc(S(=O)(=O)NC[C@H](c2cccn2C)N2CCCC2)c(OC)c1. The summed E-state index contributed by atoms with van der Waals surface area (Å²) in [5, 5.41) is 0. The molecular weight excluding hydrogens is 366 g/mol. The van der Waals surface area contributed by atoms with Gasteiger partial charge in [-0.1, -0.05) is 0 Å². The molecule has 0 radical (unpaired) electrons. The maximum absolute atomic E-state index is 12.9. The first-order valence-corrected chi connectivity index (χ1v) is 10.5. The maximum Gasteiger partial charge on any atom is 0.244 e. The second-order valence-electron chi connectivity index (χ2n) is 6.67. The van der Waals surface area contributed by atoms with Gasteiger partial charge in [0.25, 0.3) is 0 Å². The van der Waals surface area contributed by atoms with Gasteiger partial charge in [-0.2, -0.15) is 0 Å². The number of rotatable bonds is 8. The topological polar surface area (TPSA) is 72.8 Å². The van der Waals surface area contributed by atoms with Crippen molar-refractivity contribution in [3.63, 3.8) is 0 Å². The van der Waals surface area contributed by atoms with Crippen LogP contribution in [0.1, 0.15) is 24.6 Å². The fourth-order valence-corrected chi connectivity index (χ4v) is 4.74. The van der Waals surface area contributed by atoms with Gasteiger partial charge in [-0.25, -0.2) is 13.1 Å². The van der Waals surface area contributed by atoms with Crippen molar-refractivity contribution in [3.8, 4) is 11.5 Å². The predicted molar refractivity (Wildman–Crippen MR) is 104 cm³/mol. The molecule has 3 rings (SSSR count). The van der Waals surface area contributed by atoms with Crippen LogP contribution in [-0.2, 0) is 17.1 Å². The monoisotopic (exact) mass is 393 g/mol. The number of nitrogens with one attached hydrogen (secondary N) is 1. The van der Waals surface area contributed by atoms with Gasteiger partial charge in [-0.3, -0.25) is 4.90 Å². The Kier molecular flexibility index (Phi) is 6.08. The summed E-state index contributed by atoms with van der Waals surface area (Å²) in [7, 11) is 1.24. The van der Waals surface area contributed by atoms with Crippen LogP contribution in [0.5, 0.6) is 11.5 Å². The Balaban J connectivity index is 1.83. The molecule has 1 aromatic heterocycles. The molecule has 0 aliphatic carbocycles. The Morgan fingerprint density at radius 3 is 2.48 bits per heavy atom. The van der Waals surface area contributed by atoms with Crippen LogP contribution in [0.3, 0.4) is 0 Å². The largest absolute Gasteiger partial charge is 0.497 e. The second-order valence-corrected chi connectivity index (χ2v) is 8.41. The third-order valence-electron chi connectivity index (χ3n) is 5.03. The van der Waals surface area contributed by atoms with Crippen LogP contribution >= 0.6 is 0 Å². The Labute approximate surface area is 160 Å².